The Morgan fingerprint density at radius 1 is 0.857 bits per heavy atom. The number of fused-ring (bicyclic) bond motifs is 1. The predicted molar refractivity (Wildman–Crippen MR) is 118 cm³/mol. The van der Waals surface area contributed by atoms with E-state index in [1.54, 1.807) is 0 Å². The fourth-order valence-electron chi connectivity index (χ4n) is 3.51. The fraction of sp³-hybridized carbons (Fsp3) is 0.625. The van der Waals surface area contributed by atoms with E-state index in [1.165, 1.54) is 68.9 Å². The van der Waals surface area contributed by atoms with Gasteiger partial charge in [0.25, 0.3) is 0 Å². The van der Waals surface area contributed by atoms with Crippen LogP contribution in [0.5, 0.6) is 0 Å². The highest BCUT2D eigenvalue weighted by Crippen LogP contribution is 2.13. The number of carbonyl (C=O) groups excluding carboxylic acids is 1. The van der Waals surface area contributed by atoms with E-state index in [4.69, 9.17) is 0 Å². The van der Waals surface area contributed by atoms with Gasteiger partial charge in [-0.1, -0.05) is 87.8 Å². The van der Waals surface area contributed by atoms with Gasteiger partial charge >= 0.3 is 0 Å². The van der Waals surface area contributed by atoms with Gasteiger partial charge in [-0.2, -0.15) is 4.68 Å². The largest absolute Gasteiger partial charge is 0.273 e. The first kappa shape index (κ1) is 22.3. The third kappa shape index (κ3) is 8.37. The van der Waals surface area contributed by atoms with Crippen molar-refractivity contribution < 1.29 is 4.79 Å². The summed E-state index contributed by atoms with van der Waals surface area (Å²) < 4.78 is 1.45. The van der Waals surface area contributed by atoms with Gasteiger partial charge in [-0.25, -0.2) is 0 Å². The fourth-order valence-corrected chi connectivity index (χ4v) is 3.51. The minimum atomic E-state index is 0.0447. The Labute approximate surface area is 170 Å². The normalized spacial score (nSPS) is 11.6. The number of carbonyl (C=O) groups is 1. The minimum absolute atomic E-state index is 0.0447. The first-order chi connectivity index (χ1) is 13.8. The van der Waals surface area contributed by atoms with Gasteiger partial charge in [0.1, 0.15) is 5.52 Å². The maximum Gasteiger partial charge on any atom is 0.248 e. The van der Waals surface area contributed by atoms with Crippen LogP contribution in [-0.4, -0.2) is 20.9 Å². The number of hydrogen-bond acceptors (Lipinski definition) is 3. The zero-order valence-electron chi connectivity index (χ0n) is 17.6. The second-order valence-electron chi connectivity index (χ2n) is 7.72. The maximum absolute atomic E-state index is 12.3. The van der Waals surface area contributed by atoms with E-state index < -0.39 is 0 Å². The summed E-state index contributed by atoms with van der Waals surface area (Å²) in [6.45, 7) is 2.27. The number of aromatic nitrogens is 3. The van der Waals surface area contributed by atoms with Crippen LogP contribution in [-0.2, 0) is 0 Å². The van der Waals surface area contributed by atoms with E-state index in [9.17, 15) is 4.79 Å². The van der Waals surface area contributed by atoms with Crippen LogP contribution in [0, 0.1) is 0 Å². The Morgan fingerprint density at radius 3 is 2.18 bits per heavy atom. The lowest BCUT2D eigenvalue weighted by Gasteiger charge is -2.02. The van der Waals surface area contributed by atoms with Gasteiger partial charge in [-0.3, -0.25) is 4.79 Å². The molecule has 1 aromatic carbocycles. The minimum Gasteiger partial charge on any atom is -0.273 e. The van der Waals surface area contributed by atoms with Crippen LogP contribution in [0.1, 0.15) is 102 Å². The summed E-state index contributed by atoms with van der Waals surface area (Å²) in [5.41, 5.74) is 1.58. The topological polar surface area (TPSA) is 47.8 Å². The van der Waals surface area contributed by atoms with Crippen LogP contribution in [0.3, 0.4) is 0 Å². The summed E-state index contributed by atoms with van der Waals surface area (Å²) in [5.74, 6) is 0.0447. The Bertz CT molecular complexity index is 705. The van der Waals surface area contributed by atoms with Crippen LogP contribution in [0.4, 0.5) is 0 Å². The zero-order chi connectivity index (χ0) is 19.9. The Kier molecular flexibility index (Phi) is 11.2. The van der Waals surface area contributed by atoms with Crippen LogP contribution in [0.15, 0.2) is 36.4 Å². The molecular weight excluding hydrogens is 346 g/mol. The van der Waals surface area contributed by atoms with Crippen LogP contribution in [0.2, 0.25) is 0 Å². The van der Waals surface area contributed by atoms with Gasteiger partial charge in [-0.05, 0) is 44.2 Å². The zero-order valence-corrected chi connectivity index (χ0v) is 17.6. The monoisotopic (exact) mass is 383 g/mol. The second-order valence-corrected chi connectivity index (χ2v) is 7.72. The Morgan fingerprint density at radius 2 is 1.46 bits per heavy atom. The average molecular weight is 384 g/mol. The lowest BCUT2D eigenvalue weighted by molar-refractivity contribution is 0.0886. The number of rotatable bonds is 15. The summed E-state index contributed by atoms with van der Waals surface area (Å²) in [4.78, 5) is 12.3. The molecule has 0 amide bonds. The molecule has 0 spiro atoms. The predicted octanol–water partition coefficient (Wildman–Crippen LogP) is 7.11. The molecule has 0 radical (unpaired) electrons. The highest BCUT2D eigenvalue weighted by atomic mass is 16.2. The summed E-state index contributed by atoms with van der Waals surface area (Å²) in [6.07, 6.45) is 21.7. The molecule has 1 aromatic heterocycles. The average Bonchev–Trinajstić information content (AvgIpc) is 3.15. The summed E-state index contributed by atoms with van der Waals surface area (Å²) in [6, 6.07) is 7.60. The lowest BCUT2D eigenvalue weighted by atomic mass is 10.1. The Hall–Kier alpha value is -1.97. The number of para-hydroxylation sites is 1. The van der Waals surface area contributed by atoms with Gasteiger partial charge in [-0.15, -0.1) is 5.10 Å². The molecule has 0 N–H and O–H groups in total. The molecule has 4 nitrogen and oxygen atoms in total. The molecule has 0 aliphatic heterocycles. The third-order valence-corrected chi connectivity index (χ3v) is 5.24. The first-order valence-electron chi connectivity index (χ1n) is 11.3. The number of benzene rings is 1. The van der Waals surface area contributed by atoms with E-state index in [1.807, 2.05) is 24.3 Å². The van der Waals surface area contributed by atoms with Gasteiger partial charge in [0.05, 0.1) is 5.52 Å². The molecule has 0 fully saturated rings. The molecule has 0 unspecified atom stereocenters. The highest BCUT2D eigenvalue weighted by Gasteiger charge is 2.10. The van der Waals surface area contributed by atoms with Crippen molar-refractivity contribution in [3.8, 4) is 0 Å². The molecule has 154 valence electrons. The molecule has 0 atom stereocenters. The van der Waals surface area contributed by atoms with E-state index in [0.29, 0.717) is 6.42 Å². The Balaban J connectivity index is 1.44. The van der Waals surface area contributed by atoms with Crippen LogP contribution < -0.4 is 0 Å². The first-order valence-corrected chi connectivity index (χ1v) is 11.3. The quantitative estimate of drug-likeness (QED) is 0.243. The number of unbranched alkanes of at least 4 members (excludes halogenated alkanes) is 11. The van der Waals surface area contributed by atoms with Crippen molar-refractivity contribution in [1.29, 1.82) is 0 Å². The van der Waals surface area contributed by atoms with Gasteiger partial charge in [0, 0.05) is 6.42 Å². The number of allylic oxidation sites excluding steroid dienone is 2. The maximum atomic E-state index is 12.3. The summed E-state index contributed by atoms with van der Waals surface area (Å²) >= 11 is 0. The number of hydrogen-bond donors (Lipinski definition) is 0. The SMILES string of the molecule is CCCCCCCCC/C=C/CCCCCCC(=O)n1nnc2ccccc21. The van der Waals surface area contributed by atoms with Gasteiger partial charge < -0.3 is 0 Å². The van der Waals surface area contributed by atoms with Crippen molar-refractivity contribution in [2.75, 3.05) is 0 Å². The molecule has 0 saturated heterocycles. The highest BCUT2D eigenvalue weighted by molar-refractivity contribution is 5.88. The van der Waals surface area contributed by atoms with Crippen LogP contribution >= 0.6 is 0 Å². The van der Waals surface area contributed by atoms with Gasteiger partial charge in [0.2, 0.25) is 5.91 Å². The van der Waals surface area contributed by atoms with Crippen molar-refractivity contribution in [3.05, 3.63) is 36.4 Å². The third-order valence-electron chi connectivity index (χ3n) is 5.24. The van der Waals surface area contributed by atoms with Gasteiger partial charge in [0.15, 0.2) is 0 Å². The molecule has 28 heavy (non-hydrogen) atoms. The molecule has 0 aliphatic carbocycles. The van der Waals surface area contributed by atoms with E-state index in [2.05, 4.69) is 29.4 Å². The molecule has 4 heteroatoms. The molecule has 1 heterocycles. The van der Waals surface area contributed by atoms with Crippen molar-refractivity contribution in [2.24, 2.45) is 0 Å². The molecular formula is C24H37N3O. The molecule has 2 rings (SSSR count). The lowest BCUT2D eigenvalue weighted by Crippen LogP contribution is -2.12. The van der Waals surface area contributed by atoms with Crippen molar-refractivity contribution in [3.63, 3.8) is 0 Å². The second kappa shape index (κ2) is 14.1. The molecule has 0 bridgehead atoms. The van der Waals surface area contributed by atoms with E-state index in [0.717, 1.165) is 30.3 Å². The van der Waals surface area contributed by atoms with E-state index in [-0.39, 0.29) is 5.91 Å². The van der Waals surface area contributed by atoms with Crippen molar-refractivity contribution in [1.82, 2.24) is 15.0 Å². The number of nitrogens with zero attached hydrogens (tertiary/aromatic N) is 3. The standard InChI is InChI=1S/C24H37N3O/c1-2-3-4-5-6-7-8-9-10-11-12-13-14-15-16-21-24(28)27-23-20-18-17-19-22(23)25-26-27/h10-11,17-20H,2-9,12-16,21H2,1H3/b11-10+. The smallest absolute Gasteiger partial charge is 0.248 e. The molecule has 0 aliphatic rings. The molecule has 0 saturated carbocycles. The van der Waals surface area contributed by atoms with Crippen molar-refractivity contribution >= 4 is 16.9 Å². The van der Waals surface area contributed by atoms with Crippen molar-refractivity contribution in [2.45, 2.75) is 96.8 Å². The van der Waals surface area contributed by atoms with E-state index >= 15 is 0 Å². The molecule has 2 aromatic rings. The summed E-state index contributed by atoms with van der Waals surface area (Å²) in [5, 5.41) is 8.04. The summed E-state index contributed by atoms with van der Waals surface area (Å²) in [7, 11) is 0. The van der Waals surface area contributed by atoms with Crippen LogP contribution in [0.25, 0.3) is 11.0 Å².